The molecule has 0 unspecified atom stereocenters. The van der Waals surface area contributed by atoms with E-state index in [2.05, 4.69) is 39.6 Å². The Balaban J connectivity index is 1.66. The number of anilines is 2. The lowest BCUT2D eigenvalue weighted by molar-refractivity contribution is -0.130. The zero-order valence-electron chi connectivity index (χ0n) is 14.3. The van der Waals surface area contributed by atoms with Gasteiger partial charge in [0.2, 0.25) is 5.91 Å². The summed E-state index contributed by atoms with van der Waals surface area (Å²) >= 11 is 0. The van der Waals surface area contributed by atoms with Gasteiger partial charge in [0.1, 0.15) is 0 Å². The van der Waals surface area contributed by atoms with Gasteiger partial charge in [0.25, 0.3) is 5.91 Å². The molecule has 0 saturated carbocycles. The van der Waals surface area contributed by atoms with Crippen LogP contribution in [0.5, 0.6) is 0 Å². The second-order valence-corrected chi connectivity index (χ2v) is 6.44. The SMILES string of the molecule is C/C(Nc1ccc(N2CCN(C)CC2)cc1)=C1/CCC(=O)NC1=O. The first kappa shape index (κ1) is 16.5. The third kappa shape index (κ3) is 3.76. The number of benzene rings is 1. The zero-order chi connectivity index (χ0) is 17.1. The van der Waals surface area contributed by atoms with Crippen molar-refractivity contribution in [1.82, 2.24) is 10.2 Å². The summed E-state index contributed by atoms with van der Waals surface area (Å²) in [5.74, 6) is -0.488. The molecule has 2 N–H and O–H groups in total. The summed E-state index contributed by atoms with van der Waals surface area (Å²) in [5, 5.41) is 5.64. The Morgan fingerprint density at radius 3 is 2.33 bits per heavy atom. The lowest BCUT2D eigenvalue weighted by Gasteiger charge is -2.34. The van der Waals surface area contributed by atoms with E-state index >= 15 is 0 Å². The Morgan fingerprint density at radius 2 is 1.71 bits per heavy atom. The standard InChI is InChI=1S/C18H24N4O2/c1-13(16-7-8-17(23)20-18(16)24)19-14-3-5-15(6-4-14)22-11-9-21(2)10-12-22/h3-6,19H,7-12H2,1-2H3,(H,20,23,24)/b16-13+. The Hall–Kier alpha value is -2.34. The molecule has 0 bridgehead atoms. The van der Waals surface area contributed by atoms with Crippen molar-refractivity contribution in [2.75, 3.05) is 43.4 Å². The van der Waals surface area contributed by atoms with Crippen LogP contribution in [0.1, 0.15) is 19.8 Å². The highest BCUT2D eigenvalue weighted by Gasteiger charge is 2.22. The summed E-state index contributed by atoms with van der Waals surface area (Å²) in [4.78, 5) is 27.8. The molecule has 2 heterocycles. The van der Waals surface area contributed by atoms with Crippen LogP contribution in [0.3, 0.4) is 0 Å². The summed E-state index contributed by atoms with van der Waals surface area (Å²) in [6.07, 6.45) is 0.852. The molecular weight excluding hydrogens is 304 g/mol. The number of amides is 2. The van der Waals surface area contributed by atoms with Gasteiger partial charge >= 0.3 is 0 Å². The van der Waals surface area contributed by atoms with Crippen molar-refractivity contribution in [2.45, 2.75) is 19.8 Å². The first-order valence-corrected chi connectivity index (χ1v) is 8.37. The number of piperazine rings is 1. The van der Waals surface area contributed by atoms with Crippen molar-refractivity contribution < 1.29 is 9.59 Å². The Morgan fingerprint density at radius 1 is 1.04 bits per heavy atom. The second-order valence-electron chi connectivity index (χ2n) is 6.44. The van der Waals surface area contributed by atoms with Crippen molar-refractivity contribution in [1.29, 1.82) is 0 Å². The number of hydrogen-bond donors (Lipinski definition) is 2. The van der Waals surface area contributed by atoms with Crippen molar-refractivity contribution >= 4 is 23.2 Å². The highest BCUT2D eigenvalue weighted by atomic mass is 16.2. The first-order chi connectivity index (χ1) is 11.5. The van der Waals surface area contributed by atoms with E-state index in [1.165, 1.54) is 5.69 Å². The largest absolute Gasteiger partial charge is 0.369 e. The van der Waals surface area contributed by atoms with Gasteiger partial charge in [-0.2, -0.15) is 0 Å². The first-order valence-electron chi connectivity index (χ1n) is 8.37. The molecule has 2 saturated heterocycles. The number of hydrogen-bond acceptors (Lipinski definition) is 5. The molecule has 6 nitrogen and oxygen atoms in total. The quantitative estimate of drug-likeness (QED) is 0.651. The van der Waals surface area contributed by atoms with E-state index in [1.54, 1.807) is 0 Å². The molecule has 2 aliphatic rings. The topological polar surface area (TPSA) is 64.7 Å². The fourth-order valence-electron chi connectivity index (χ4n) is 3.09. The van der Waals surface area contributed by atoms with Gasteiger partial charge in [-0.15, -0.1) is 0 Å². The highest BCUT2D eigenvalue weighted by Crippen LogP contribution is 2.22. The molecule has 128 valence electrons. The van der Waals surface area contributed by atoms with Crippen LogP contribution >= 0.6 is 0 Å². The van der Waals surface area contributed by atoms with Crippen LogP contribution < -0.4 is 15.5 Å². The van der Waals surface area contributed by atoms with Gasteiger partial charge in [-0.05, 0) is 44.7 Å². The molecule has 0 radical (unpaired) electrons. The van der Waals surface area contributed by atoms with E-state index in [0.717, 1.165) is 37.6 Å². The van der Waals surface area contributed by atoms with Crippen LogP contribution in [-0.4, -0.2) is 49.9 Å². The average Bonchev–Trinajstić information content (AvgIpc) is 2.56. The van der Waals surface area contributed by atoms with E-state index in [4.69, 9.17) is 0 Å². The number of imide groups is 1. The Kier molecular flexibility index (Phi) is 4.85. The van der Waals surface area contributed by atoms with Gasteiger partial charge in [0.15, 0.2) is 0 Å². The van der Waals surface area contributed by atoms with Crippen LogP contribution in [0.25, 0.3) is 0 Å². The number of allylic oxidation sites excluding steroid dienone is 1. The maximum atomic E-state index is 11.9. The van der Waals surface area contributed by atoms with Gasteiger partial charge in [-0.1, -0.05) is 0 Å². The minimum atomic E-state index is -0.287. The summed E-state index contributed by atoms with van der Waals surface area (Å²) in [7, 11) is 2.15. The van der Waals surface area contributed by atoms with Gasteiger partial charge < -0.3 is 15.1 Å². The predicted molar refractivity (Wildman–Crippen MR) is 94.9 cm³/mol. The number of rotatable bonds is 3. The van der Waals surface area contributed by atoms with E-state index < -0.39 is 0 Å². The average molecular weight is 328 g/mol. The van der Waals surface area contributed by atoms with Crippen molar-refractivity contribution in [3.05, 3.63) is 35.5 Å². The van der Waals surface area contributed by atoms with Gasteiger partial charge in [-0.25, -0.2) is 0 Å². The van der Waals surface area contributed by atoms with Crippen molar-refractivity contribution in [3.8, 4) is 0 Å². The van der Waals surface area contributed by atoms with Gasteiger partial charge in [0, 0.05) is 55.2 Å². The summed E-state index contributed by atoms with van der Waals surface area (Å²) in [6, 6.07) is 8.28. The Labute approximate surface area is 142 Å². The van der Waals surface area contributed by atoms with Crippen molar-refractivity contribution in [3.63, 3.8) is 0 Å². The maximum Gasteiger partial charge on any atom is 0.255 e. The molecule has 0 aliphatic carbocycles. The number of likely N-dealkylation sites (N-methyl/N-ethyl adjacent to an activating group) is 1. The fraction of sp³-hybridized carbons (Fsp3) is 0.444. The van der Waals surface area contributed by atoms with Crippen molar-refractivity contribution in [2.24, 2.45) is 0 Å². The lowest BCUT2D eigenvalue weighted by Crippen LogP contribution is -2.44. The minimum Gasteiger partial charge on any atom is -0.369 e. The number of piperidine rings is 1. The van der Waals surface area contributed by atoms with E-state index in [9.17, 15) is 9.59 Å². The normalized spacial score (nSPS) is 21.5. The molecule has 0 aromatic heterocycles. The van der Waals surface area contributed by atoms with Crippen LogP contribution in [0.4, 0.5) is 11.4 Å². The third-order valence-electron chi connectivity index (χ3n) is 4.65. The molecule has 2 fully saturated rings. The third-order valence-corrected chi connectivity index (χ3v) is 4.65. The fourth-order valence-corrected chi connectivity index (χ4v) is 3.09. The van der Waals surface area contributed by atoms with Gasteiger partial charge in [-0.3, -0.25) is 14.9 Å². The highest BCUT2D eigenvalue weighted by molar-refractivity contribution is 6.07. The zero-order valence-corrected chi connectivity index (χ0v) is 14.3. The van der Waals surface area contributed by atoms with Crippen LogP contribution in [0.2, 0.25) is 0 Å². The van der Waals surface area contributed by atoms with E-state index in [1.807, 2.05) is 19.1 Å². The van der Waals surface area contributed by atoms with Gasteiger partial charge in [0.05, 0.1) is 0 Å². The number of carbonyl (C=O) groups excluding carboxylic acids is 2. The van der Waals surface area contributed by atoms with E-state index in [-0.39, 0.29) is 11.8 Å². The Bertz CT molecular complexity index is 658. The molecule has 1 aromatic carbocycles. The molecule has 6 heteroatoms. The summed E-state index contributed by atoms with van der Waals surface area (Å²) in [6.45, 7) is 6.12. The molecule has 3 rings (SSSR count). The number of carbonyl (C=O) groups is 2. The molecule has 0 atom stereocenters. The number of nitrogens with zero attached hydrogens (tertiary/aromatic N) is 2. The predicted octanol–water partition coefficient (Wildman–Crippen LogP) is 1.56. The maximum absolute atomic E-state index is 11.9. The molecule has 2 amide bonds. The van der Waals surface area contributed by atoms with Crippen LogP contribution in [0, 0.1) is 0 Å². The smallest absolute Gasteiger partial charge is 0.255 e. The van der Waals surface area contributed by atoms with Crippen LogP contribution in [-0.2, 0) is 9.59 Å². The molecule has 2 aliphatic heterocycles. The number of nitrogens with one attached hydrogen (secondary N) is 2. The minimum absolute atomic E-state index is 0.201. The van der Waals surface area contributed by atoms with E-state index in [0.29, 0.717) is 18.4 Å². The molecular formula is C18H24N4O2. The summed E-state index contributed by atoms with van der Waals surface area (Å²) in [5.41, 5.74) is 3.62. The second kappa shape index (κ2) is 7.05. The van der Waals surface area contributed by atoms with Crippen LogP contribution in [0.15, 0.2) is 35.5 Å². The lowest BCUT2D eigenvalue weighted by atomic mass is 10.0. The monoisotopic (exact) mass is 328 g/mol. The molecule has 1 aromatic rings. The summed E-state index contributed by atoms with van der Waals surface area (Å²) < 4.78 is 0. The molecule has 0 spiro atoms. The molecule has 24 heavy (non-hydrogen) atoms.